The van der Waals surface area contributed by atoms with Crippen molar-refractivity contribution in [1.82, 2.24) is 14.5 Å². The van der Waals surface area contributed by atoms with E-state index in [0.29, 0.717) is 0 Å². The van der Waals surface area contributed by atoms with Crippen molar-refractivity contribution < 1.29 is 0 Å². The summed E-state index contributed by atoms with van der Waals surface area (Å²) in [5.74, 6) is 0.734. The maximum absolute atomic E-state index is 5.37. The summed E-state index contributed by atoms with van der Waals surface area (Å²) in [6.45, 7) is 0. The third kappa shape index (κ3) is 3.13. The van der Waals surface area contributed by atoms with Gasteiger partial charge in [-0.3, -0.25) is 0 Å². The molecule has 0 bridgehead atoms. The van der Waals surface area contributed by atoms with Gasteiger partial charge in [0.1, 0.15) is 0 Å². The largest absolute Gasteiger partial charge is 0.309 e. The second-order valence-electron chi connectivity index (χ2n) is 12.9. The zero-order valence-corrected chi connectivity index (χ0v) is 25.9. The molecule has 0 atom stereocenters. The summed E-state index contributed by atoms with van der Waals surface area (Å²) in [5.41, 5.74) is 15.1. The number of rotatable bonds is 2. The van der Waals surface area contributed by atoms with Crippen LogP contribution in [-0.4, -0.2) is 14.5 Å². The van der Waals surface area contributed by atoms with Gasteiger partial charge in [0.2, 0.25) is 0 Å². The SMILES string of the molecule is c1ccc(-c2nc(-c3ccc4c5c3c3ccccc3n5-c3ccccc3C43c4ccccc4-c4ccccc43)c3ccccc3n2)cc1. The number of fused-ring (bicyclic) bond motifs is 13. The number of para-hydroxylation sites is 3. The predicted molar refractivity (Wildman–Crippen MR) is 196 cm³/mol. The Morgan fingerprint density at radius 3 is 1.85 bits per heavy atom. The van der Waals surface area contributed by atoms with E-state index in [1.54, 1.807) is 0 Å². The average Bonchev–Trinajstić information content (AvgIpc) is 3.66. The van der Waals surface area contributed by atoms with Crippen LogP contribution in [0.15, 0.2) is 164 Å². The van der Waals surface area contributed by atoms with E-state index < -0.39 is 5.41 Å². The molecule has 0 fully saturated rings. The third-order valence-corrected chi connectivity index (χ3v) is 10.6. The lowest BCUT2D eigenvalue weighted by molar-refractivity contribution is 0.748. The first-order valence-corrected chi connectivity index (χ1v) is 16.5. The van der Waals surface area contributed by atoms with Gasteiger partial charge in [-0.25, -0.2) is 9.97 Å². The number of hydrogen-bond donors (Lipinski definition) is 0. The molecule has 7 aromatic carbocycles. The van der Waals surface area contributed by atoms with E-state index in [0.717, 1.165) is 33.5 Å². The molecule has 1 spiro atoms. The molecule has 0 N–H and O–H groups in total. The molecule has 9 aromatic rings. The molecule has 11 rings (SSSR count). The van der Waals surface area contributed by atoms with Gasteiger partial charge < -0.3 is 4.57 Å². The van der Waals surface area contributed by atoms with Crippen LogP contribution < -0.4 is 0 Å². The van der Waals surface area contributed by atoms with Crippen molar-refractivity contribution in [2.24, 2.45) is 0 Å². The van der Waals surface area contributed by atoms with E-state index in [-0.39, 0.29) is 0 Å². The zero-order valence-electron chi connectivity index (χ0n) is 25.9. The fraction of sp³-hybridized carbons (Fsp3) is 0.0222. The molecule has 2 aliphatic rings. The lowest BCUT2D eigenvalue weighted by atomic mass is 9.65. The van der Waals surface area contributed by atoms with Crippen molar-refractivity contribution in [1.29, 1.82) is 0 Å². The second-order valence-corrected chi connectivity index (χ2v) is 12.9. The summed E-state index contributed by atoms with van der Waals surface area (Å²) in [7, 11) is 0. The van der Waals surface area contributed by atoms with Gasteiger partial charge in [0.05, 0.1) is 33.3 Å². The van der Waals surface area contributed by atoms with Crippen molar-refractivity contribution in [3.05, 3.63) is 186 Å². The highest BCUT2D eigenvalue weighted by atomic mass is 15.0. The van der Waals surface area contributed by atoms with Crippen LogP contribution in [0.1, 0.15) is 22.3 Å². The van der Waals surface area contributed by atoms with Crippen molar-refractivity contribution in [3.8, 4) is 39.5 Å². The Balaban J connectivity index is 1.34. The summed E-state index contributed by atoms with van der Waals surface area (Å²) >= 11 is 0. The summed E-state index contributed by atoms with van der Waals surface area (Å²) < 4.78 is 2.51. The smallest absolute Gasteiger partial charge is 0.160 e. The van der Waals surface area contributed by atoms with Crippen molar-refractivity contribution in [2.45, 2.75) is 5.41 Å². The molecule has 0 radical (unpaired) electrons. The lowest BCUT2D eigenvalue weighted by Gasteiger charge is -2.39. The number of benzene rings is 7. The molecule has 3 heterocycles. The summed E-state index contributed by atoms with van der Waals surface area (Å²) in [6.07, 6.45) is 0. The van der Waals surface area contributed by atoms with Gasteiger partial charge >= 0.3 is 0 Å². The quantitative estimate of drug-likeness (QED) is 0.195. The maximum atomic E-state index is 5.37. The van der Waals surface area contributed by atoms with E-state index >= 15 is 0 Å². The van der Waals surface area contributed by atoms with Crippen LogP contribution in [0.5, 0.6) is 0 Å². The molecule has 1 aliphatic carbocycles. The molecule has 222 valence electrons. The zero-order chi connectivity index (χ0) is 31.4. The van der Waals surface area contributed by atoms with Crippen LogP contribution in [-0.2, 0) is 5.41 Å². The molecule has 48 heavy (non-hydrogen) atoms. The highest BCUT2D eigenvalue weighted by Crippen LogP contribution is 2.61. The Labute approximate surface area is 277 Å². The second kappa shape index (κ2) is 9.37. The van der Waals surface area contributed by atoms with E-state index in [1.165, 1.54) is 60.9 Å². The first kappa shape index (κ1) is 25.8. The van der Waals surface area contributed by atoms with Gasteiger partial charge in [-0.1, -0.05) is 146 Å². The highest BCUT2D eigenvalue weighted by Gasteiger charge is 2.50. The predicted octanol–water partition coefficient (Wildman–Crippen LogP) is 10.7. The number of aromatic nitrogens is 3. The summed E-state index contributed by atoms with van der Waals surface area (Å²) in [5, 5.41) is 3.49. The van der Waals surface area contributed by atoms with Crippen molar-refractivity contribution >= 4 is 32.7 Å². The monoisotopic (exact) mass is 609 g/mol. The van der Waals surface area contributed by atoms with E-state index in [1.807, 2.05) is 18.2 Å². The molecule has 1 aliphatic heterocycles. The summed E-state index contributed by atoms with van der Waals surface area (Å²) in [4.78, 5) is 10.4. The Hall–Kier alpha value is -6.32. The van der Waals surface area contributed by atoms with Gasteiger partial charge in [0.25, 0.3) is 0 Å². The van der Waals surface area contributed by atoms with Crippen molar-refractivity contribution in [2.75, 3.05) is 0 Å². The summed E-state index contributed by atoms with van der Waals surface area (Å²) in [6, 6.07) is 59.3. The molecule has 0 saturated heterocycles. The minimum absolute atomic E-state index is 0.464. The molecule has 3 heteroatoms. The fourth-order valence-electron chi connectivity index (χ4n) is 8.79. The molecule has 2 aromatic heterocycles. The maximum Gasteiger partial charge on any atom is 0.160 e. The topological polar surface area (TPSA) is 30.7 Å². The molecule has 0 unspecified atom stereocenters. The number of hydrogen-bond acceptors (Lipinski definition) is 2. The van der Waals surface area contributed by atoms with Gasteiger partial charge in [0, 0.05) is 27.3 Å². The number of nitrogens with zero attached hydrogens (tertiary/aromatic N) is 3. The van der Waals surface area contributed by atoms with Crippen molar-refractivity contribution in [3.63, 3.8) is 0 Å². The molecule has 0 saturated carbocycles. The Bertz CT molecular complexity index is 2740. The Morgan fingerprint density at radius 2 is 1.06 bits per heavy atom. The molecular weight excluding hydrogens is 583 g/mol. The highest BCUT2D eigenvalue weighted by molar-refractivity contribution is 6.19. The van der Waals surface area contributed by atoms with E-state index in [2.05, 4.69) is 150 Å². The van der Waals surface area contributed by atoms with Gasteiger partial charge in [-0.2, -0.15) is 0 Å². The molecule has 3 nitrogen and oxygen atoms in total. The van der Waals surface area contributed by atoms with Crippen LogP contribution in [0.4, 0.5) is 0 Å². The fourth-order valence-corrected chi connectivity index (χ4v) is 8.79. The average molecular weight is 610 g/mol. The van der Waals surface area contributed by atoms with E-state index in [4.69, 9.17) is 9.97 Å². The van der Waals surface area contributed by atoms with Crippen LogP contribution in [0.3, 0.4) is 0 Å². The van der Waals surface area contributed by atoms with Gasteiger partial charge in [-0.15, -0.1) is 0 Å². The lowest BCUT2D eigenvalue weighted by Crippen LogP contribution is -2.33. The van der Waals surface area contributed by atoms with Crippen LogP contribution >= 0.6 is 0 Å². The molecule has 0 amide bonds. The minimum Gasteiger partial charge on any atom is -0.309 e. The Morgan fingerprint density at radius 1 is 0.438 bits per heavy atom. The van der Waals surface area contributed by atoms with Crippen LogP contribution in [0, 0.1) is 0 Å². The van der Waals surface area contributed by atoms with Gasteiger partial charge in [0.15, 0.2) is 5.82 Å². The van der Waals surface area contributed by atoms with Crippen LogP contribution in [0.25, 0.3) is 72.2 Å². The minimum atomic E-state index is -0.464. The first-order chi connectivity index (χ1) is 23.8. The Kier molecular flexibility index (Phi) is 5.04. The standard InChI is InChI=1S/C45H27N3/c1-2-14-28(15-3-1)44-46-38-23-11-6-18-31(38)42(47-44)33-26-27-37-43-41(33)32-19-7-12-24-39(32)48(43)40-25-13-10-22-36(40)45(37)34-20-8-4-16-29(34)30-17-5-9-21-35(30)45/h1-27H. The third-order valence-electron chi connectivity index (χ3n) is 10.6. The normalized spacial score (nSPS) is 13.6. The van der Waals surface area contributed by atoms with Gasteiger partial charge in [-0.05, 0) is 51.6 Å². The molecular formula is C45H27N3. The van der Waals surface area contributed by atoms with E-state index in [9.17, 15) is 0 Å². The van der Waals surface area contributed by atoms with Crippen LogP contribution in [0.2, 0.25) is 0 Å². The first-order valence-electron chi connectivity index (χ1n) is 16.5.